The Balaban J connectivity index is 1.54. The summed E-state index contributed by atoms with van der Waals surface area (Å²) in [5.74, 6) is 1.53. The summed E-state index contributed by atoms with van der Waals surface area (Å²) in [6, 6.07) is 0. The third kappa shape index (κ3) is 5.32. The third-order valence-corrected chi connectivity index (χ3v) is 4.29. The van der Waals surface area contributed by atoms with Crippen molar-refractivity contribution in [2.75, 3.05) is 13.1 Å². The van der Waals surface area contributed by atoms with Crippen LogP contribution in [0.3, 0.4) is 0 Å². The molecule has 2 aliphatic carbocycles. The highest BCUT2D eigenvalue weighted by Crippen LogP contribution is 2.22. The Bertz CT molecular complexity index is 230. The molecule has 0 aromatic rings. The minimum atomic E-state index is 0.765. The van der Waals surface area contributed by atoms with Crippen LogP contribution >= 0.6 is 0 Å². The molecule has 0 saturated heterocycles. The Morgan fingerprint density at radius 2 is 1.00 bits per heavy atom. The van der Waals surface area contributed by atoms with Gasteiger partial charge in [-0.05, 0) is 37.5 Å². The van der Waals surface area contributed by atoms with Gasteiger partial charge in [0, 0.05) is 12.4 Å². The standard InChI is InChI=1S/C16H28N2/c1-3-7-15(8-4-1)13-17-11-12-18-14-16-9-5-2-6-10-16/h13-16H,1-12H2. The smallest absolute Gasteiger partial charge is 0.0581 e. The molecule has 0 heterocycles. The first-order chi connectivity index (χ1) is 8.95. The Labute approximate surface area is 112 Å². The number of hydrogen-bond acceptors (Lipinski definition) is 2. The Morgan fingerprint density at radius 3 is 1.39 bits per heavy atom. The van der Waals surface area contributed by atoms with Gasteiger partial charge in [0.2, 0.25) is 0 Å². The molecule has 0 N–H and O–H groups in total. The van der Waals surface area contributed by atoms with E-state index < -0.39 is 0 Å². The predicted molar refractivity (Wildman–Crippen MR) is 79.9 cm³/mol. The van der Waals surface area contributed by atoms with Crippen molar-refractivity contribution >= 4 is 12.4 Å². The highest BCUT2D eigenvalue weighted by atomic mass is 14.8. The fraction of sp³-hybridized carbons (Fsp3) is 0.875. The molecule has 0 amide bonds. The first kappa shape index (κ1) is 13.8. The summed E-state index contributed by atoms with van der Waals surface area (Å²) in [4.78, 5) is 9.08. The lowest BCUT2D eigenvalue weighted by Crippen LogP contribution is -2.08. The molecule has 0 aromatic heterocycles. The lowest BCUT2D eigenvalue weighted by Gasteiger charge is -2.17. The van der Waals surface area contributed by atoms with Crippen molar-refractivity contribution in [1.29, 1.82) is 0 Å². The third-order valence-electron chi connectivity index (χ3n) is 4.29. The van der Waals surface area contributed by atoms with E-state index in [1.165, 1.54) is 64.2 Å². The Hall–Kier alpha value is -0.660. The second-order valence-corrected chi connectivity index (χ2v) is 5.91. The van der Waals surface area contributed by atoms with Crippen LogP contribution in [0.15, 0.2) is 9.98 Å². The van der Waals surface area contributed by atoms with Gasteiger partial charge in [0.15, 0.2) is 0 Å². The van der Waals surface area contributed by atoms with Crippen molar-refractivity contribution < 1.29 is 0 Å². The molecule has 18 heavy (non-hydrogen) atoms. The molecule has 2 nitrogen and oxygen atoms in total. The fourth-order valence-electron chi connectivity index (χ4n) is 3.13. The first-order valence-electron chi connectivity index (χ1n) is 7.95. The van der Waals surface area contributed by atoms with Gasteiger partial charge in [0.25, 0.3) is 0 Å². The highest BCUT2D eigenvalue weighted by Gasteiger charge is 2.11. The van der Waals surface area contributed by atoms with Gasteiger partial charge in [-0.25, -0.2) is 0 Å². The van der Waals surface area contributed by atoms with Gasteiger partial charge < -0.3 is 0 Å². The molecule has 0 radical (unpaired) electrons. The van der Waals surface area contributed by atoms with E-state index in [1.54, 1.807) is 0 Å². The van der Waals surface area contributed by atoms with E-state index in [9.17, 15) is 0 Å². The Kier molecular flexibility index (Phi) is 6.46. The van der Waals surface area contributed by atoms with Crippen molar-refractivity contribution in [1.82, 2.24) is 0 Å². The molecule has 2 fully saturated rings. The van der Waals surface area contributed by atoms with Gasteiger partial charge in [-0.1, -0.05) is 38.5 Å². The summed E-state index contributed by atoms with van der Waals surface area (Å²) < 4.78 is 0. The molecule has 0 unspecified atom stereocenters. The summed E-state index contributed by atoms with van der Waals surface area (Å²) in [5, 5.41) is 0. The maximum atomic E-state index is 4.54. The maximum Gasteiger partial charge on any atom is 0.0581 e. The molecular weight excluding hydrogens is 220 g/mol. The van der Waals surface area contributed by atoms with Crippen LogP contribution in [-0.4, -0.2) is 25.5 Å². The van der Waals surface area contributed by atoms with Gasteiger partial charge in [-0.2, -0.15) is 0 Å². The van der Waals surface area contributed by atoms with Crippen LogP contribution in [0.5, 0.6) is 0 Å². The topological polar surface area (TPSA) is 24.7 Å². The molecule has 0 atom stereocenters. The number of nitrogens with zero attached hydrogens (tertiary/aromatic N) is 2. The first-order valence-corrected chi connectivity index (χ1v) is 7.95. The summed E-state index contributed by atoms with van der Waals surface area (Å²) >= 11 is 0. The van der Waals surface area contributed by atoms with E-state index >= 15 is 0 Å². The number of rotatable bonds is 5. The van der Waals surface area contributed by atoms with Crippen molar-refractivity contribution in [3.05, 3.63) is 0 Å². The zero-order valence-electron chi connectivity index (χ0n) is 11.7. The maximum absolute atomic E-state index is 4.54. The van der Waals surface area contributed by atoms with E-state index in [-0.39, 0.29) is 0 Å². The lowest BCUT2D eigenvalue weighted by molar-refractivity contribution is 0.444. The SMILES string of the molecule is C(=NCCN=CC1CCCCC1)C1CCCCC1. The van der Waals surface area contributed by atoms with Crippen molar-refractivity contribution in [2.45, 2.75) is 64.2 Å². The zero-order valence-corrected chi connectivity index (χ0v) is 11.7. The van der Waals surface area contributed by atoms with E-state index in [2.05, 4.69) is 22.4 Å². The van der Waals surface area contributed by atoms with E-state index in [0.29, 0.717) is 0 Å². The van der Waals surface area contributed by atoms with Crippen molar-refractivity contribution in [3.8, 4) is 0 Å². The molecular formula is C16H28N2. The van der Waals surface area contributed by atoms with Crippen molar-refractivity contribution in [2.24, 2.45) is 21.8 Å². The minimum Gasteiger partial charge on any atom is -0.295 e. The van der Waals surface area contributed by atoms with Crippen LogP contribution in [0.2, 0.25) is 0 Å². The molecule has 2 rings (SSSR count). The summed E-state index contributed by atoms with van der Waals surface area (Å²) in [5.41, 5.74) is 0. The molecule has 2 saturated carbocycles. The average Bonchev–Trinajstić information content (AvgIpc) is 2.45. The van der Waals surface area contributed by atoms with Gasteiger partial charge >= 0.3 is 0 Å². The molecule has 0 aliphatic heterocycles. The molecule has 0 spiro atoms. The Morgan fingerprint density at radius 1 is 0.611 bits per heavy atom. The van der Waals surface area contributed by atoms with Crippen LogP contribution in [0.25, 0.3) is 0 Å². The van der Waals surface area contributed by atoms with E-state index in [1.807, 2.05) is 0 Å². The summed E-state index contributed by atoms with van der Waals surface area (Å²) in [6.45, 7) is 1.78. The average molecular weight is 248 g/mol. The van der Waals surface area contributed by atoms with Gasteiger partial charge in [-0.15, -0.1) is 0 Å². The quantitative estimate of drug-likeness (QED) is 0.512. The van der Waals surface area contributed by atoms with Gasteiger partial charge in [0.1, 0.15) is 0 Å². The van der Waals surface area contributed by atoms with Crippen LogP contribution in [0, 0.1) is 11.8 Å². The second-order valence-electron chi connectivity index (χ2n) is 5.91. The zero-order chi connectivity index (χ0) is 12.5. The fourth-order valence-corrected chi connectivity index (χ4v) is 3.13. The number of hydrogen-bond donors (Lipinski definition) is 0. The van der Waals surface area contributed by atoms with Crippen LogP contribution in [-0.2, 0) is 0 Å². The second kappa shape index (κ2) is 8.44. The van der Waals surface area contributed by atoms with Crippen LogP contribution in [0.4, 0.5) is 0 Å². The van der Waals surface area contributed by atoms with Crippen LogP contribution in [0.1, 0.15) is 64.2 Å². The van der Waals surface area contributed by atoms with E-state index in [4.69, 9.17) is 0 Å². The summed E-state index contributed by atoms with van der Waals surface area (Å²) in [6.07, 6.45) is 18.3. The van der Waals surface area contributed by atoms with Crippen LogP contribution < -0.4 is 0 Å². The normalized spacial score (nSPS) is 24.2. The molecule has 0 aromatic carbocycles. The molecule has 2 aliphatic rings. The van der Waals surface area contributed by atoms with Gasteiger partial charge in [-0.3, -0.25) is 9.98 Å². The van der Waals surface area contributed by atoms with Gasteiger partial charge in [0.05, 0.1) is 13.1 Å². The monoisotopic (exact) mass is 248 g/mol. The molecule has 2 heteroatoms. The molecule has 102 valence electrons. The molecule has 0 bridgehead atoms. The predicted octanol–water partition coefficient (Wildman–Crippen LogP) is 4.29. The lowest BCUT2D eigenvalue weighted by atomic mass is 9.90. The summed E-state index contributed by atoms with van der Waals surface area (Å²) in [7, 11) is 0. The minimum absolute atomic E-state index is 0.765. The largest absolute Gasteiger partial charge is 0.295 e. The van der Waals surface area contributed by atoms with Crippen molar-refractivity contribution in [3.63, 3.8) is 0 Å². The highest BCUT2D eigenvalue weighted by molar-refractivity contribution is 5.61. The van der Waals surface area contributed by atoms with E-state index in [0.717, 1.165) is 24.9 Å². The number of aliphatic imine (C=N–C) groups is 2.